The Hall–Kier alpha value is -0.890. The number of hydrogen-bond donors (Lipinski definition) is 1. The van der Waals surface area contributed by atoms with E-state index in [1.165, 1.54) is 25.0 Å². The Morgan fingerprint density at radius 2 is 2.11 bits per heavy atom. The first-order chi connectivity index (χ1) is 8.92. The van der Waals surface area contributed by atoms with Gasteiger partial charge in [-0.05, 0) is 55.1 Å². The van der Waals surface area contributed by atoms with Gasteiger partial charge in [0.25, 0.3) is 0 Å². The molecule has 19 heavy (non-hydrogen) atoms. The summed E-state index contributed by atoms with van der Waals surface area (Å²) >= 11 is 0. The number of hydrogen-bond acceptors (Lipinski definition) is 2. The van der Waals surface area contributed by atoms with Gasteiger partial charge in [-0.1, -0.05) is 26.8 Å². The number of aryl methyl sites for hydroxylation is 1. The zero-order valence-corrected chi connectivity index (χ0v) is 12.7. The molecule has 1 N–H and O–H groups in total. The molecule has 2 fully saturated rings. The summed E-state index contributed by atoms with van der Waals surface area (Å²) in [5.41, 5.74) is 3.20. The first-order valence-corrected chi connectivity index (χ1v) is 7.58. The second-order valence-electron chi connectivity index (χ2n) is 7.50. The van der Waals surface area contributed by atoms with Crippen LogP contribution in [0.3, 0.4) is 0 Å². The highest BCUT2D eigenvalue weighted by molar-refractivity contribution is 5.14. The Kier molecular flexibility index (Phi) is 2.97. The zero-order valence-electron chi connectivity index (χ0n) is 12.7. The minimum Gasteiger partial charge on any atom is -0.307 e. The molecule has 2 heteroatoms. The lowest BCUT2D eigenvalue weighted by Crippen LogP contribution is -2.50. The highest BCUT2D eigenvalue weighted by atomic mass is 15.0. The van der Waals surface area contributed by atoms with Crippen molar-refractivity contribution in [3.8, 4) is 0 Å². The van der Waals surface area contributed by atoms with Gasteiger partial charge in [-0.2, -0.15) is 0 Å². The molecule has 0 saturated heterocycles. The van der Waals surface area contributed by atoms with E-state index >= 15 is 0 Å². The van der Waals surface area contributed by atoms with Crippen LogP contribution >= 0.6 is 0 Å². The second kappa shape index (κ2) is 4.31. The Bertz CT molecular complexity index is 475. The van der Waals surface area contributed by atoms with E-state index in [2.05, 4.69) is 56.2 Å². The van der Waals surface area contributed by atoms with Gasteiger partial charge in [0.15, 0.2) is 0 Å². The van der Waals surface area contributed by atoms with E-state index in [0.717, 1.165) is 18.2 Å². The van der Waals surface area contributed by atoms with Crippen molar-refractivity contribution in [1.82, 2.24) is 10.3 Å². The maximum atomic E-state index is 4.60. The molecular formula is C17H26N2. The lowest BCUT2D eigenvalue weighted by molar-refractivity contribution is 0.107. The van der Waals surface area contributed by atoms with Crippen LogP contribution in [0, 0.1) is 23.7 Å². The number of aromatic nitrogens is 1. The van der Waals surface area contributed by atoms with Crippen LogP contribution in [-0.2, 0) is 6.54 Å². The molecule has 3 atom stereocenters. The zero-order chi connectivity index (χ0) is 13.7. The predicted molar refractivity (Wildman–Crippen MR) is 78.8 cm³/mol. The first-order valence-electron chi connectivity index (χ1n) is 7.58. The van der Waals surface area contributed by atoms with Crippen LogP contribution in [0.5, 0.6) is 0 Å². The minimum atomic E-state index is 0.427. The van der Waals surface area contributed by atoms with Crippen LogP contribution in [0.15, 0.2) is 18.2 Å². The summed E-state index contributed by atoms with van der Waals surface area (Å²) < 4.78 is 0. The van der Waals surface area contributed by atoms with E-state index in [0.29, 0.717) is 16.9 Å². The molecule has 2 aliphatic carbocycles. The number of pyridine rings is 1. The van der Waals surface area contributed by atoms with Crippen LogP contribution in [0.1, 0.15) is 51.4 Å². The summed E-state index contributed by atoms with van der Waals surface area (Å²) in [5, 5.41) is 3.82. The summed E-state index contributed by atoms with van der Waals surface area (Å²) in [6.07, 6.45) is 4.21. The Labute approximate surface area is 117 Å². The largest absolute Gasteiger partial charge is 0.307 e. The minimum absolute atomic E-state index is 0.427. The lowest BCUT2D eigenvalue weighted by atomic mass is 9.68. The van der Waals surface area contributed by atoms with Crippen LogP contribution in [0.4, 0.5) is 0 Å². The van der Waals surface area contributed by atoms with Gasteiger partial charge >= 0.3 is 0 Å². The van der Waals surface area contributed by atoms with Gasteiger partial charge in [-0.3, -0.25) is 4.98 Å². The molecule has 1 aromatic rings. The van der Waals surface area contributed by atoms with Crippen LogP contribution in [0.25, 0.3) is 0 Å². The molecule has 2 nitrogen and oxygen atoms in total. The summed E-state index contributed by atoms with van der Waals surface area (Å²) in [4.78, 5) is 4.60. The van der Waals surface area contributed by atoms with E-state index < -0.39 is 0 Å². The maximum absolute atomic E-state index is 4.60. The van der Waals surface area contributed by atoms with E-state index in [1.54, 1.807) is 0 Å². The molecule has 3 rings (SSSR count). The van der Waals surface area contributed by atoms with E-state index in [-0.39, 0.29) is 0 Å². The molecule has 0 spiro atoms. The maximum Gasteiger partial charge on any atom is 0.0544 e. The fourth-order valence-corrected chi connectivity index (χ4v) is 4.72. The topological polar surface area (TPSA) is 24.9 Å². The fourth-order valence-electron chi connectivity index (χ4n) is 4.72. The molecule has 0 radical (unpaired) electrons. The van der Waals surface area contributed by atoms with Crippen molar-refractivity contribution in [3.05, 3.63) is 29.6 Å². The molecule has 104 valence electrons. The van der Waals surface area contributed by atoms with Crippen molar-refractivity contribution < 1.29 is 0 Å². The summed E-state index contributed by atoms with van der Waals surface area (Å²) in [5.74, 6) is 0.903. The van der Waals surface area contributed by atoms with Crippen molar-refractivity contribution >= 4 is 0 Å². The van der Waals surface area contributed by atoms with E-state index in [4.69, 9.17) is 0 Å². The number of nitrogens with zero attached hydrogens (tertiary/aromatic N) is 1. The third kappa shape index (κ3) is 2.10. The standard InChI is InChI=1S/C17H26N2/c1-12-6-5-7-14(19-12)11-18-15-16(2,3)13-8-9-17(15,4)10-13/h5-7,13,15,18H,8-11H2,1-4H3/t13-,15?,17+/m0/s1. The Morgan fingerprint density at radius 1 is 1.32 bits per heavy atom. The van der Waals surface area contributed by atoms with Crippen molar-refractivity contribution in [2.75, 3.05) is 0 Å². The molecule has 1 unspecified atom stereocenters. The normalized spacial score (nSPS) is 35.8. The quantitative estimate of drug-likeness (QED) is 0.894. The third-order valence-electron chi connectivity index (χ3n) is 5.70. The third-order valence-corrected chi connectivity index (χ3v) is 5.70. The SMILES string of the molecule is Cc1cccc(CNC2C(C)(C)[C@H]3CC[C@]2(C)C3)n1. The van der Waals surface area contributed by atoms with Gasteiger partial charge in [-0.25, -0.2) is 0 Å². The van der Waals surface area contributed by atoms with Crippen molar-refractivity contribution in [3.63, 3.8) is 0 Å². The van der Waals surface area contributed by atoms with Crippen molar-refractivity contribution in [2.24, 2.45) is 16.7 Å². The monoisotopic (exact) mass is 258 g/mol. The predicted octanol–water partition coefficient (Wildman–Crippen LogP) is 3.69. The molecule has 1 heterocycles. The highest BCUT2D eigenvalue weighted by Gasteiger charge is 2.58. The van der Waals surface area contributed by atoms with Gasteiger partial charge in [0.2, 0.25) is 0 Å². The molecule has 2 aliphatic rings. The summed E-state index contributed by atoms with van der Waals surface area (Å²) in [7, 11) is 0. The molecule has 0 aromatic carbocycles. The van der Waals surface area contributed by atoms with Gasteiger partial charge in [0.1, 0.15) is 0 Å². The van der Waals surface area contributed by atoms with E-state index in [1.807, 2.05) is 0 Å². The van der Waals surface area contributed by atoms with Crippen LogP contribution < -0.4 is 5.32 Å². The van der Waals surface area contributed by atoms with E-state index in [9.17, 15) is 0 Å². The number of rotatable bonds is 3. The first kappa shape index (κ1) is 13.1. The molecular weight excluding hydrogens is 232 g/mol. The van der Waals surface area contributed by atoms with Gasteiger partial charge < -0.3 is 5.32 Å². The van der Waals surface area contributed by atoms with Gasteiger partial charge in [-0.15, -0.1) is 0 Å². The molecule has 2 bridgehead atoms. The fraction of sp³-hybridized carbons (Fsp3) is 0.706. The number of fused-ring (bicyclic) bond motifs is 2. The Morgan fingerprint density at radius 3 is 2.74 bits per heavy atom. The average molecular weight is 258 g/mol. The molecule has 2 saturated carbocycles. The van der Waals surface area contributed by atoms with Crippen molar-refractivity contribution in [1.29, 1.82) is 0 Å². The molecule has 1 aromatic heterocycles. The summed E-state index contributed by atoms with van der Waals surface area (Å²) in [6, 6.07) is 6.92. The smallest absolute Gasteiger partial charge is 0.0544 e. The lowest BCUT2D eigenvalue weighted by Gasteiger charge is -2.43. The highest BCUT2D eigenvalue weighted by Crippen LogP contribution is 2.62. The Balaban J connectivity index is 1.73. The summed E-state index contributed by atoms with van der Waals surface area (Å²) in [6.45, 7) is 10.3. The average Bonchev–Trinajstić information content (AvgIpc) is 2.80. The van der Waals surface area contributed by atoms with Crippen molar-refractivity contribution in [2.45, 2.75) is 59.5 Å². The van der Waals surface area contributed by atoms with Crippen LogP contribution in [-0.4, -0.2) is 11.0 Å². The molecule has 0 aliphatic heterocycles. The second-order valence-corrected chi connectivity index (χ2v) is 7.50. The number of nitrogens with one attached hydrogen (secondary N) is 1. The molecule has 0 amide bonds. The van der Waals surface area contributed by atoms with Crippen LogP contribution in [0.2, 0.25) is 0 Å². The van der Waals surface area contributed by atoms with Gasteiger partial charge in [0, 0.05) is 18.3 Å². The van der Waals surface area contributed by atoms with Gasteiger partial charge in [0.05, 0.1) is 5.69 Å².